The number of amides is 1. The standard InChI is InChI=1S/C12H20N4OS/c1-3-9-11(18-15-14-9)12(17)16-7-5-4-6-10(16)8(2)13/h8,10H,3-7,13H2,1-2H3/t8-,10-/m0/s1. The lowest BCUT2D eigenvalue weighted by Gasteiger charge is -2.37. The highest BCUT2D eigenvalue weighted by molar-refractivity contribution is 7.08. The Balaban J connectivity index is 2.21. The van der Waals surface area contributed by atoms with Gasteiger partial charge in [0.05, 0.1) is 5.69 Å². The van der Waals surface area contributed by atoms with Gasteiger partial charge in [-0.3, -0.25) is 4.79 Å². The van der Waals surface area contributed by atoms with E-state index in [0.29, 0.717) is 4.88 Å². The number of nitrogens with zero attached hydrogens (tertiary/aromatic N) is 3. The monoisotopic (exact) mass is 268 g/mol. The van der Waals surface area contributed by atoms with E-state index < -0.39 is 0 Å². The number of rotatable bonds is 3. The molecule has 0 aliphatic carbocycles. The molecule has 100 valence electrons. The number of carbonyl (C=O) groups excluding carboxylic acids is 1. The third-order valence-corrected chi connectivity index (χ3v) is 4.26. The molecule has 0 radical (unpaired) electrons. The average molecular weight is 268 g/mol. The molecule has 1 saturated heterocycles. The molecule has 1 aromatic heterocycles. The predicted molar refractivity (Wildman–Crippen MR) is 71.6 cm³/mol. The summed E-state index contributed by atoms with van der Waals surface area (Å²) in [4.78, 5) is 15.2. The summed E-state index contributed by atoms with van der Waals surface area (Å²) < 4.78 is 3.89. The molecule has 5 nitrogen and oxygen atoms in total. The Kier molecular flexibility index (Phi) is 4.29. The third-order valence-electron chi connectivity index (χ3n) is 3.50. The highest BCUT2D eigenvalue weighted by Gasteiger charge is 2.31. The second-order valence-electron chi connectivity index (χ2n) is 4.82. The number of likely N-dealkylation sites (tertiary alicyclic amines) is 1. The van der Waals surface area contributed by atoms with Crippen molar-refractivity contribution >= 4 is 17.4 Å². The van der Waals surface area contributed by atoms with Crippen LogP contribution in [0.15, 0.2) is 0 Å². The van der Waals surface area contributed by atoms with Gasteiger partial charge in [0.1, 0.15) is 4.88 Å². The highest BCUT2D eigenvalue weighted by atomic mass is 32.1. The molecule has 18 heavy (non-hydrogen) atoms. The van der Waals surface area contributed by atoms with Crippen LogP contribution in [0.2, 0.25) is 0 Å². The smallest absolute Gasteiger partial charge is 0.267 e. The fourth-order valence-corrected chi connectivity index (χ4v) is 3.20. The van der Waals surface area contributed by atoms with Gasteiger partial charge in [0.2, 0.25) is 0 Å². The van der Waals surface area contributed by atoms with Gasteiger partial charge in [-0.15, -0.1) is 5.10 Å². The molecule has 1 aliphatic heterocycles. The van der Waals surface area contributed by atoms with Crippen molar-refractivity contribution in [3.8, 4) is 0 Å². The van der Waals surface area contributed by atoms with Crippen LogP contribution in [0.25, 0.3) is 0 Å². The summed E-state index contributed by atoms with van der Waals surface area (Å²) in [6.45, 7) is 4.76. The molecule has 1 aromatic rings. The zero-order chi connectivity index (χ0) is 13.1. The maximum atomic E-state index is 12.6. The fourth-order valence-electron chi connectivity index (χ4n) is 2.49. The zero-order valence-electron chi connectivity index (χ0n) is 10.9. The molecule has 1 amide bonds. The van der Waals surface area contributed by atoms with E-state index in [-0.39, 0.29) is 18.0 Å². The number of carbonyl (C=O) groups is 1. The van der Waals surface area contributed by atoms with Crippen molar-refractivity contribution in [2.75, 3.05) is 6.54 Å². The third kappa shape index (κ3) is 2.54. The SMILES string of the molecule is CCc1nnsc1C(=O)N1CCCC[C@H]1[C@H](C)N. The molecule has 0 bridgehead atoms. The van der Waals surface area contributed by atoms with Crippen molar-refractivity contribution in [2.45, 2.75) is 51.6 Å². The van der Waals surface area contributed by atoms with E-state index in [1.165, 1.54) is 11.5 Å². The Bertz CT molecular complexity index is 418. The average Bonchev–Trinajstić information content (AvgIpc) is 2.86. The van der Waals surface area contributed by atoms with Crippen LogP contribution < -0.4 is 5.73 Å². The van der Waals surface area contributed by atoms with Crippen molar-refractivity contribution in [1.82, 2.24) is 14.5 Å². The molecule has 2 rings (SSSR count). The van der Waals surface area contributed by atoms with E-state index in [2.05, 4.69) is 9.59 Å². The van der Waals surface area contributed by atoms with Gasteiger partial charge < -0.3 is 10.6 Å². The van der Waals surface area contributed by atoms with Crippen molar-refractivity contribution in [3.05, 3.63) is 10.6 Å². The van der Waals surface area contributed by atoms with Crippen LogP contribution >= 0.6 is 11.5 Å². The first-order chi connectivity index (χ1) is 8.65. The Morgan fingerprint density at radius 1 is 1.61 bits per heavy atom. The van der Waals surface area contributed by atoms with Gasteiger partial charge in [-0.25, -0.2) is 0 Å². The normalized spacial score (nSPS) is 21.9. The number of hydrogen-bond acceptors (Lipinski definition) is 5. The van der Waals surface area contributed by atoms with E-state index in [0.717, 1.165) is 37.9 Å². The molecule has 0 spiro atoms. The summed E-state index contributed by atoms with van der Waals surface area (Å²) in [5.41, 5.74) is 6.80. The number of hydrogen-bond donors (Lipinski definition) is 1. The highest BCUT2D eigenvalue weighted by Crippen LogP contribution is 2.23. The summed E-state index contributed by atoms with van der Waals surface area (Å²) in [6.07, 6.45) is 3.95. The lowest BCUT2D eigenvalue weighted by molar-refractivity contribution is 0.0587. The van der Waals surface area contributed by atoms with E-state index >= 15 is 0 Å². The zero-order valence-corrected chi connectivity index (χ0v) is 11.7. The van der Waals surface area contributed by atoms with E-state index in [1.807, 2.05) is 18.7 Å². The van der Waals surface area contributed by atoms with Crippen LogP contribution in [0.1, 0.15) is 48.5 Å². The Labute approximate surface area is 112 Å². The summed E-state index contributed by atoms with van der Waals surface area (Å²) in [5.74, 6) is 0.0591. The van der Waals surface area contributed by atoms with E-state index in [1.54, 1.807) is 0 Å². The summed E-state index contributed by atoms with van der Waals surface area (Å²) in [7, 11) is 0. The quantitative estimate of drug-likeness (QED) is 0.900. The van der Waals surface area contributed by atoms with E-state index in [9.17, 15) is 4.79 Å². The Morgan fingerprint density at radius 3 is 3.06 bits per heavy atom. The maximum absolute atomic E-state index is 12.6. The van der Waals surface area contributed by atoms with Gasteiger partial charge >= 0.3 is 0 Å². The largest absolute Gasteiger partial charge is 0.333 e. The molecule has 0 saturated carbocycles. The predicted octanol–water partition coefficient (Wildman–Crippen LogP) is 1.44. The van der Waals surface area contributed by atoms with Crippen molar-refractivity contribution in [3.63, 3.8) is 0 Å². The summed E-state index contributed by atoms with van der Waals surface area (Å²) in [5, 5.41) is 4.01. The minimum Gasteiger partial charge on any atom is -0.333 e. The van der Waals surface area contributed by atoms with Gasteiger partial charge in [0.25, 0.3) is 5.91 Å². The second-order valence-corrected chi connectivity index (χ2v) is 5.58. The first kappa shape index (κ1) is 13.4. The van der Waals surface area contributed by atoms with Crippen molar-refractivity contribution in [2.24, 2.45) is 5.73 Å². The number of nitrogens with two attached hydrogens (primary N) is 1. The van der Waals surface area contributed by atoms with Gasteiger partial charge in [0, 0.05) is 18.6 Å². The minimum absolute atomic E-state index is 0.0141. The number of aromatic nitrogens is 2. The van der Waals surface area contributed by atoms with Crippen LogP contribution in [0.4, 0.5) is 0 Å². The van der Waals surface area contributed by atoms with Gasteiger partial charge in [0.15, 0.2) is 0 Å². The Hall–Kier alpha value is -1.01. The van der Waals surface area contributed by atoms with E-state index in [4.69, 9.17) is 5.73 Å². The molecular formula is C12H20N4OS. The molecule has 2 N–H and O–H groups in total. The van der Waals surface area contributed by atoms with Gasteiger partial charge in [-0.05, 0) is 44.1 Å². The number of piperidine rings is 1. The van der Waals surface area contributed by atoms with Gasteiger partial charge in [-0.1, -0.05) is 11.4 Å². The van der Waals surface area contributed by atoms with Crippen LogP contribution in [0.3, 0.4) is 0 Å². The van der Waals surface area contributed by atoms with Crippen LogP contribution in [-0.2, 0) is 6.42 Å². The molecule has 6 heteroatoms. The topological polar surface area (TPSA) is 72.1 Å². The number of aryl methyl sites for hydroxylation is 1. The Morgan fingerprint density at radius 2 is 2.39 bits per heavy atom. The maximum Gasteiger partial charge on any atom is 0.267 e. The first-order valence-electron chi connectivity index (χ1n) is 6.53. The minimum atomic E-state index is 0.0141. The molecule has 2 atom stereocenters. The lowest BCUT2D eigenvalue weighted by Crippen LogP contribution is -2.51. The molecule has 2 heterocycles. The fraction of sp³-hybridized carbons (Fsp3) is 0.750. The molecule has 0 aromatic carbocycles. The van der Waals surface area contributed by atoms with Crippen LogP contribution in [-0.4, -0.2) is 39.0 Å². The second kappa shape index (κ2) is 5.75. The van der Waals surface area contributed by atoms with Gasteiger partial charge in [-0.2, -0.15) is 0 Å². The van der Waals surface area contributed by atoms with Crippen LogP contribution in [0.5, 0.6) is 0 Å². The summed E-state index contributed by atoms with van der Waals surface area (Å²) in [6, 6.07) is 0.165. The van der Waals surface area contributed by atoms with Crippen molar-refractivity contribution in [1.29, 1.82) is 0 Å². The molecule has 1 fully saturated rings. The van der Waals surface area contributed by atoms with Crippen LogP contribution in [0, 0.1) is 0 Å². The summed E-state index contributed by atoms with van der Waals surface area (Å²) >= 11 is 1.20. The molecular weight excluding hydrogens is 248 g/mol. The first-order valence-corrected chi connectivity index (χ1v) is 7.30. The molecule has 1 aliphatic rings. The lowest BCUT2D eigenvalue weighted by atomic mass is 9.96. The molecule has 0 unspecified atom stereocenters. The van der Waals surface area contributed by atoms with Crippen molar-refractivity contribution < 1.29 is 4.79 Å².